The largest absolute Gasteiger partial charge is 0.364 e. The van der Waals surface area contributed by atoms with Crippen LogP contribution >= 0.6 is 0 Å². The molecule has 0 unspecified atom stereocenters. The molecule has 158 valence electrons. The lowest BCUT2D eigenvalue weighted by Gasteiger charge is -2.27. The van der Waals surface area contributed by atoms with Gasteiger partial charge in [0, 0.05) is 18.7 Å². The van der Waals surface area contributed by atoms with Crippen LogP contribution < -0.4 is 21.3 Å². The topological polar surface area (TPSA) is 126 Å². The number of hydrogen-bond acceptors (Lipinski definition) is 7. The van der Waals surface area contributed by atoms with Gasteiger partial charge in [-0.1, -0.05) is 6.07 Å². The van der Waals surface area contributed by atoms with Gasteiger partial charge in [-0.2, -0.15) is 5.10 Å². The maximum atomic E-state index is 14.4. The van der Waals surface area contributed by atoms with Crippen LogP contribution in [0.5, 0.6) is 0 Å². The Morgan fingerprint density at radius 3 is 2.58 bits per heavy atom. The van der Waals surface area contributed by atoms with Crippen LogP contribution in [0.2, 0.25) is 0 Å². The van der Waals surface area contributed by atoms with Crippen molar-refractivity contribution < 1.29 is 18.4 Å². The highest BCUT2D eigenvalue weighted by Gasteiger charge is 2.23. The number of benzene rings is 1. The standard InChI is InChI=1S/C20H17F2N7O2/c21-13-2-1-3-14(22)17(13)12-9-26-28-19(20(23)31)18(12)27-15-5-4-11(8-25-15)29-7-6-24-10-16(29)30/h1-5,8-9,24H,6-7,10H2,(H2,23,31)(H,25,26,27). The van der Waals surface area contributed by atoms with Crippen molar-refractivity contribution in [2.45, 2.75) is 0 Å². The average Bonchev–Trinajstić information content (AvgIpc) is 2.75. The summed E-state index contributed by atoms with van der Waals surface area (Å²) in [5.74, 6) is -2.45. The maximum Gasteiger partial charge on any atom is 0.271 e. The van der Waals surface area contributed by atoms with E-state index in [1.165, 1.54) is 12.3 Å². The second-order valence-electron chi connectivity index (χ2n) is 6.69. The molecule has 0 spiro atoms. The molecule has 0 atom stereocenters. The van der Waals surface area contributed by atoms with Crippen molar-refractivity contribution in [3.05, 3.63) is 60.1 Å². The number of nitrogens with zero attached hydrogens (tertiary/aromatic N) is 4. The zero-order valence-electron chi connectivity index (χ0n) is 16.1. The van der Waals surface area contributed by atoms with E-state index in [1.54, 1.807) is 17.0 Å². The van der Waals surface area contributed by atoms with Crippen molar-refractivity contribution in [1.82, 2.24) is 20.5 Å². The van der Waals surface area contributed by atoms with Crippen LogP contribution in [0.25, 0.3) is 11.1 Å². The Labute approximate surface area is 175 Å². The van der Waals surface area contributed by atoms with Gasteiger partial charge >= 0.3 is 0 Å². The van der Waals surface area contributed by atoms with Crippen molar-refractivity contribution in [1.29, 1.82) is 0 Å². The summed E-state index contributed by atoms with van der Waals surface area (Å²) in [6, 6.07) is 6.63. The predicted octanol–water partition coefficient (Wildman–Crippen LogP) is 1.60. The van der Waals surface area contributed by atoms with Crippen molar-refractivity contribution in [2.24, 2.45) is 5.73 Å². The molecule has 3 heterocycles. The summed E-state index contributed by atoms with van der Waals surface area (Å²) < 4.78 is 28.8. The molecule has 1 fully saturated rings. The zero-order valence-corrected chi connectivity index (χ0v) is 16.1. The van der Waals surface area contributed by atoms with Crippen molar-refractivity contribution >= 4 is 29.0 Å². The molecule has 1 aliphatic rings. The molecule has 4 N–H and O–H groups in total. The summed E-state index contributed by atoms with van der Waals surface area (Å²) in [4.78, 5) is 29.8. The Hall–Kier alpha value is -3.99. The molecule has 1 aliphatic heterocycles. The average molecular weight is 425 g/mol. The highest BCUT2D eigenvalue weighted by Crippen LogP contribution is 2.34. The van der Waals surface area contributed by atoms with E-state index >= 15 is 0 Å². The lowest BCUT2D eigenvalue weighted by molar-refractivity contribution is -0.118. The molecule has 1 aromatic carbocycles. The third-order valence-electron chi connectivity index (χ3n) is 4.72. The summed E-state index contributed by atoms with van der Waals surface area (Å²) in [5.41, 5.74) is 5.22. The molecule has 0 radical (unpaired) electrons. The molecule has 9 nitrogen and oxygen atoms in total. The van der Waals surface area contributed by atoms with Crippen LogP contribution in [0.1, 0.15) is 10.5 Å². The Bertz CT molecular complexity index is 1130. The molecule has 0 bridgehead atoms. The van der Waals surface area contributed by atoms with Gasteiger partial charge in [-0.25, -0.2) is 13.8 Å². The number of nitrogens with two attached hydrogens (primary N) is 1. The van der Waals surface area contributed by atoms with Gasteiger partial charge in [-0.05, 0) is 24.3 Å². The Morgan fingerprint density at radius 2 is 1.94 bits per heavy atom. The lowest BCUT2D eigenvalue weighted by atomic mass is 10.0. The first-order valence-corrected chi connectivity index (χ1v) is 9.29. The summed E-state index contributed by atoms with van der Waals surface area (Å²) in [6.07, 6.45) is 2.61. The minimum absolute atomic E-state index is 0.0370. The van der Waals surface area contributed by atoms with Gasteiger partial charge in [0.25, 0.3) is 5.91 Å². The van der Waals surface area contributed by atoms with E-state index in [9.17, 15) is 18.4 Å². The quantitative estimate of drug-likeness (QED) is 0.567. The van der Waals surface area contributed by atoms with E-state index in [0.29, 0.717) is 18.8 Å². The van der Waals surface area contributed by atoms with Crippen molar-refractivity contribution in [3.63, 3.8) is 0 Å². The van der Waals surface area contributed by atoms with Gasteiger partial charge in [-0.3, -0.25) is 9.59 Å². The molecule has 2 aromatic heterocycles. The predicted molar refractivity (Wildman–Crippen MR) is 109 cm³/mol. The van der Waals surface area contributed by atoms with Crippen LogP contribution in [0.15, 0.2) is 42.7 Å². The van der Waals surface area contributed by atoms with Crippen LogP contribution in [-0.2, 0) is 4.79 Å². The Kier molecular flexibility index (Phi) is 5.50. The number of halogens is 2. The van der Waals surface area contributed by atoms with Crippen LogP contribution in [0.3, 0.4) is 0 Å². The fourth-order valence-corrected chi connectivity index (χ4v) is 3.26. The molecule has 1 saturated heterocycles. The fraction of sp³-hybridized carbons (Fsp3) is 0.150. The van der Waals surface area contributed by atoms with E-state index < -0.39 is 17.5 Å². The second kappa shape index (κ2) is 8.40. The van der Waals surface area contributed by atoms with Gasteiger partial charge in [0.15, 0.2) is 5.69 Å². The van der Waals surface area contributed by atoms with Crippen LogP contribution in [-0.4, -0.2) is 46.6 Å². The number of pyridine rings is 1. The number of nitrogens with one attached hydrogen (secondary N) is 2. The SMILES string of the molecule is NC(=O)c1nncc(-c2c(F)cccc2F)c1Nc1ccc(N2CCNCC2=O)cn1. The fourth-order valence-electron chi connectivity index (χ4n) is 3.26. The minimum Gasteiger partial charge on any atom is -0.364 e. The minimum atomic E-state index is -0.934. The third kappa shape index (κ3) is 4.03. The van der Waals surface area contributed by atoms with Crippen molar-refractivity contribution in [3.8, 4) is 11.1 Å². The van der Waals surface area contributed by atoms with Gasteiger partial charge in [0.2, 0.25) is 5.91 Å². The van der Waals surface area contributed by atoms with E-state index in [1.807, 2.05) is 0 Å². The van der Waals surface area contributed by atoms with E-state index in [0.717, 1.165) is 18.3 Å². The summed E-state index contributed by atoms with van der Waals surface area (Å²) >= 11 is 0. The first-order chi connectivity index (χ1) is 15.0. The third-order valence-corrected chi connectivity index (χ3v) is 4.72. The summed E-state index contributed by atoms with van der Waals surface area (Å²) in [6.45, 7) is 1.40. The maximum absolute atomic E-state index is 14.4. The molecule has 3 aromatic rings. The van der Waals surface area contributed by atoms with Crippen molar-refractivity contribution in [2.75, 3.05) is 29.9 Å². The monoisotopic (exact) mass is 425 g/mol. The molecule has 11 heteroatoms. The van der Waals surface area contributed by atoms with Gasteiger partial charge < -0.3 is 21.3 Å². The van der Waals surface area contributed by atoms with E-state index in [-0.39, 0.29) is 40.8 Å². The number of hydrogen-bond donors (Lipinski definition) is 3. The highest BCUT2D eigenvalue weighted by molar-refractivity contribution is 6.01. The number of aromatic nitrogens is 3. The van der Waals surface area contributed by atoms with Crippen LogP contribution in [0, 0.1) is 11.6 Å². The molecular formula is C20H17F2N7O2. The van der Waals surface area contributed by atoms with Gasteiger partial charge in [-0.15, -0.1) is 5.10 Å². The molecular weight excluding hydrogens is 408 g/mol. The lowest BCUT2D eigenvalue weighted by Crippen LogP contribution is -2.48. The number of amides is 2. The normalized spacial score (nSPS) is 13.9. The van der Waals surface area contributed by atoms with E-state index in [2.05, 4.69) is 25.8 Å². The number of rotatable bonds is 5. The smallest absolute Gasteiger partial charge is 0.271 e. The molecule has 31 heavy (non-hydrogen) atoms. The molecule has 4 rings (SSSR count). The Balaban J connectivity index is 1.73. The zero-order chi connectivity index (χ0) is 22.0. The van der Waals surface area contributed by atoms with Gasteiger partial charge in [0.1, 0.15) is 17.5 Å². The van der Waals surface area contributed by atoms with E-state index in [4.69, 9.17) is 5.73 Å². The molecule has 0 aliphatic carbocycles. The number of piperazine rings is 1. The first-order valence-electron chi connectivity index (χ1n) is 9.29. The molecule has 0 saturated carbocycles. The highest BCUT2D eigenvalue weighted by atomic mass is 19.1. The number of anilines is 3. The van der Waals surface area contributed by atoms with Gasteiger partial charge in [0.05, 0.1) is 35.9 Å². The number of carbonyl (C=O) groups is 2. The second-order valence-corrected chi connectivity index (χ2v) is 6.69. The summed E-state index contributed by atoms with van der Waals surface area (Å²) in [7, 11) is 0. The molecule has 2 amide bonds. The van der Waals surface area contributed by atoms with Crippen LogP contribution in [0.4, 0.5) is 26.0 Å². The number of primary amides is 1. The number of carbonyl (C=O) groups excluding carboxylic acids is 2. The Morgan fingerprint density at radius 1 is 1.16 bits per heavy atom. The first kappa shape index (κ1) is 20.3. The summed E-state index contributed by atoms with van der Waals surface area (Å²) in [5, 5.41) is 13.2.